The summed E-state index contributed by atoms with van der Waals surface area (Å²) in [7, 11) is -4.32. The number of amides is 1. The van der Waals surface area contributed by atoms with E-state index < -0.39 is 47.1 Å². The molecule has 3 fully saturated rings. The molecule has 3 N–H and O–H groups in total. The molecule has 0 bridgehead atoms. The van der Waals surface area contributed by atoms with E-state index in [1.165, 1.54) is 23.1 Å². The van der Waals surface area contributed by atoms with Crippen molar-refractivity contribution in [2.24, 2.45) is 5.92 Å². The first kappa shape index (κ1) is 29.7. The predicted molar refractivity (Wildman–Crippen MR) is 147 cm³/mol. The van der Waals surface area contributed by atoms with Crippen LogP contribution in [0.4, 0.5) is 4.79 Å². The Hall–Kier alpha value is -2.74. The van der Waals surface area contributed by atoms with Crippen LogP contribution in [0.2, 0.25) is 0 Å². The number of phenolic OH excluding ortho intramolecular Hbond substituents is 1. The van der Waals surface area contributed by atoms with E-state index in [-0.39, 0.29) is 35.7 Å². The molecule has 5 rings (SSSR count). The fourth-order valence-electron chi connectivity index (χ4n) is 6.10. The van der Waals surface area contributed by atoms with Crippen LogP contribution in [-0.2, 0) is 30.8 Å². The van der Waals surface area contributed by atoms with Crippen LogP contribution in [0.1, 0.15) is 44.1 Å². The van der Waals surface area contributed by atoms with Crippen molar-refractivity contribution in [2.45, 2.75) is 80.4 Å². The zero-order valence-corrected chi connectivity index (χ0v) is 23.6. The van der Waals surface area contributed by atoms with E-state index in [1.807, 2.05) is 30.3 Å². The first-order valence-corrected chi connectivity index (χ1v) is 15.6. The van der Waals surface area contributed by atoms with E-state index in [0.29, 0.717) is 25.9 Å². The highest BCUT2D eigenvalue weighted by Gasteiger charge is 2.49. The number of hydrogen-bond acceptors (Lipinski definition) is 8. The third-order valence-corrected chi connectivity index (χ3v) is 9.84. The van der Waals surface area contributed by atoms with Gasteiger partial charge in [-0.05, 0) is 49.4 Å². The van der Waals surface area contributed by atoms with Crippen LogP contribution >= 0.6 is 0 Å². The normalized spacial score (nSPS) is 24.7. The van der Waals surface area contributed by atoms with Crippen molar-refractivity contribution in [1.29, 1.82) is 0 Å². The highest BCUT2D eigenvalue weighted by atomic mass is 32.2. The monoisotopic (exact) mass is 590 g/mol. The van der Waals surface area contributed by atoms with Crippen molar-refractivity contribution in [3.8, 4) is 5.75 Å². The maximum atomic E-state index is 13.8. The number of aliphatic hydroxyl groups excluding tert-OH is 1. The summed E-state index contributed by atoms with van der Waals surface area (Å²) in [5.41, 5.74) is 0.788. The lowest BCUT2D eigenvalue weighted by atomic mass is 9.93. The first-order chi connectivity index (χ1) is 19.7. The van der Waals surface area contributed by atoms with Gasteiger partial charge < -0.3 is 24.8 Å². The van der Waals surface area contributed by atoms with Crippen LogP contribution in [0.5, 0.6) is 5.75 Å². The standard InChI is InChI=1S/C29H38N2O9S/c32-21-10-7-13-23(17-21)41(36,37)30(40-22-11-5-2-6-12-22)18-27(33)25(16-20-8-3-1-4-9-20)31(29(34)35)26-19-39-28-24(26)14-15-38-28/h1,3-4,7-10,13,17,22,24-28,32-33H,2,5-6,11-12,14-16,18-19H2,(H,34,35)/t24-,25-,26-,27+,28+/m0/s1. The SMILES string of the molecule is O=C(O)N([C@H]1CO[C@H]2OCC[C@H]21)[C@@H](Cc1ccccc1)[C@H](O)CN(OC1CCCCC1)S(=O)(=O)c1cccc(O)c1. The molecular weight excluding hydrogens is 552 g/mol. The summed E-state index contributed by atoms with van der Waals surface area (Å²) >= 11 is 0. The molecule has 2 aromatic carbocycles. The second-order valence-electron chi connectivity index (χ2n) is 11.0. The van der Waals surface area contributed by atoms with Gasteiger partial charge in [0.25, 0.3) is 10.0 Å². The summed E-state index contributed by atoms with van der Waals surface area (Å²) in [4.78, 5) is 19.9. The van der Waals surface area contributed by atoms with E-state index in [2.05, 4.69) is 0 Å². The van der Waals surface area contributed by atoms with Crippen molar-refractivity contribution in [2.75, 3.05) is 19.8 Å². The molecule has 2 saturated heterocycles. The van der Waals surface area contributed by atoms with Crippen molar-refractivity contribution >= 4 is 16.1 Å². The molecule has 0 aromatic heterocycles. The summed E-state index contributed by atoms with van der Waals surface area (Å²) in [5.74, 6) is -0.417. The molecule has 3 aliphatic rings. The fourth-order valence-corrected chi connectivity index (χ4v) is 7.44. The number of hydroxylamine groups is 1. The molecule has 11 nitrogen and oxygen atoms in total. The Balaban J connectivity index is 1.47. The van der Waals surface area contributed by atoms with Gasteiger partial charge in [0.1, 0.15) is 5.75 Å². The van der Waals surface area contributed by atoms with E-state index >= 15 is 0 Å². The molecule has 2 aliphatic heterocycles. The van der Waals surface area contributed by atoms with Gasteiger partial charge in [0.05, 0.1) is 48.9 Å². The molecule has 5 atom stereocenters. The first-order valence-electron chi connectivity index (χ1n) is 14.2. The van der Waals surface area contributed by atoms with Gasteiger partial charge in [0.2, 0.25) is 0 Å². The van der Waals surface area contributed by atoms with Gasteiger partial charge in [-0.25, -0.2) is 13.2 Å². The Kier molecular flexibility index (Phi) is 9.47. The molecule has 2 heterocycles. The maximum absolute atomic E-state index is 13.8. The second-order valence-corrected chi connectivity index (χ2v) is 12.8. The van der Waals surface area contributed by atoms with Crippen LogP contribution in [0.25, 0.3) is 0 Å². The predicted octanol–water partition coefficient (Wildman–Crippen LogP) is 3.36. The van der Waals surface area contributed by atoms with Crippen LogP contribution in [0, 0.1) is 5.92 Å². The zero-order chi connectivity index (χ0) is 29.0. The quantitative estimate of drug-likeness (QED) is 0.335. The molecular formula is C29H38N2O9S. The minimum atomic E-state index is -4.32. The number of ether oxygens (including phenoxy) is 2. The Morgan fingerprint density at radius 1 is 1.02 bits per heavy atom. The Morgan fingerprint density at radius 2 is 1.78 bits per heavy atom. The van der Waals surface area contributed by atoms with Crippen molar-refractivity contribution in [3.05, 3.63) is 60.2 Å². The molecule has 0 radical (unpaired) electrons. The molecule has 1 aliphatic carbocycles. The number of sulfonamides is 1. The maximum Gasteiger partial charge on any atom is 0.407 e. The highest BCUT2D eigenvalue weighted by molar-refractivity contribution is 7.89. The van der Waals surface area contributed by atoms with Crippen molar-refractivity contribution in [3.63, 3.8) is 0 Å². The van der Waals surface area contributed by atoms with E-state index in [0.717, 1.165) is 35.4 Å². The Morgan fingerprint density at radius 3 is 2.49 bits per heavy atom. The number of rotatable bonds is 11. The number of nitrogens with zero attached hydrogens (tertiary/aromatic N) is 2. The Bertz CT molecular complexity index is 1270. The van der Waals surface area contributed by atoms with Gasteiger partial charge in [-0.15, -0.1) is 0 Å². The smallest absolute Gasteiger partial charge is 0.407 e. The second kappa shape index (κ2) is 13.1. The molecule has 1 saturated carbocycles. The van der Waals surface area contributed by atoms with Gasteiger partial charge in [-0.2, -0.15) is 0 Å². The highest BCUT2D eigenvalue weighted by Crippen LogP contribution is 2.36. The van der Waals surface area contributed by atoms with Crippen LogP contribution in [0.3, 0.4) is 0 Å². The molecule has 0 spiro atoms. The molecule has 12 heteroatoms. The molecule has 1 amide bonds. The van der Waals surface area contributed by atoms with Gasteiger partial charge in [0.15, 0.2) is 6.29 Å². The average Bonchev–Trinajstić information content (AvgIpc) is 3.58. The average molecular weight is 591 g/mol. The zero-order valence-electron chi connectivity index (χ0n) is 22.8. The molecule has 224 valence electrons. The number of aliphatic hydroxyl groups is 1. The van der Waals surface area contributed by atoms with Gasteiger partial charge >= 0.3 is 6.09 Å². The Labute approximate surface area is 240 Å². The van der Waals surface area contributed by atoms with Gasteiger partial charge in [0, 0.05) is 5.92 Å². The van der Waals surface area contributed by atoms with E-state index in [4.69, 9.17) is 14.3 Å². The lowest BCUT2D eigenvalue weighted by molar-refractivity contribution is -0.159. The number of carbonyl (C=O) groups is 1. The topological polar surface area (TPSA) is 146 Å². The summed E-state index contributed by atoms with van der Waals surface area (Å²) in [6.07, 6.45) is 1.35. The van der Waals surface area contributed by atoms with E-state index in [1.54, 1.807) is 0 Å². The number of carboxylic acid groups (broad SMARTS) is 1. The van der Waals surface area contributed by atoms with Gasteiger partial charge in [-0.1, -0.05) is 60.1 Å². The summed E-state index contributed by atoms with van der Waals surface area (Å²) in [5, 5.41) is 32.2. The number of aromatic hydroxyl groups is 1. The van der Waals surface area contributed by atoms with Crippen molar-refractivity contribution in [1.82, 2.24) is 9.37 Å². The van der Waals surface area contributed by atoms with Crippen LogP contribution in [-0.4, -0.2) is 89.5 Å². The van der Waals surface area contributed by atoms with E-state index in [9.17, 15) is 28.5 Å². The third kappa shape index (κ3) is 6.85. The van der Waals surface area contributed by atoms with Crippen LogP contribution in [0.15, 0.2) is 59.5 Å². The minimum absolute atomic E-state index is 0.115. The molecule has 2 aromatic rings. The lowest BCUT2D eigenvalue weighted by Crippen LogP contribution is -2.57. The van der Waals surface area contributed by atoms with Crippen molar-refractivity contribution < 1.29 is 42.8 Å². The summed E-state index contributed by atoms with van der Waals surface area (Å²) in [6.45, 7) is 0.0633. The fraction of sp³-hybridized carbons (Fsp3) is 0.552. The van der Waals surface area contributed by atoms with Gasteiger partial charge in [-0.3, -0.25) is 9.74 Å². The van der Waals surface area contributed by atoms with Crippen LogP contribution < -0.4 is 0 Å². The number of phenols is 1. The summed E-state index contributed by atoms with van der Waals surface area (Å²) < 4.78 is 39.7. The molecule has 0 unspecified atom stereocenters. The number of benzene rings is 2. The molecule has 41 heavy (non-hydrogen) atoms. The lowest BCUT2D eigenvalue weighted by Gasteiger charge is -2.39. The minimum Gasteiger partial charge on any atom is -0.508 e. The third-order valence-electron chi connectivity index (χ3n) is 8.21. The largest absolute Gasteiger partial charge is 0.508 e. The number of hydrogen-bond donors (Lipinski definition) is 3. The summed E-state index contributed by atoms with van der Waals surface area (Å²) in [6, 6.07) is 12.8. The number of fused-ring (bicyclic) bond motifs is 1.